The highest BCUT2D eigenvalue weighted by Crippen LogP contribution is 2.23. The number of alkyl carbamates (subject to hydrolysis) is 1. The first-order valence-corrected chi connectivity index (χ1v) is 17.1. The molecule has 0 aliphatic heterocycles. The van der Waals surface area contributed by atoms with Crippen molar-refractivity contribution in [1.29, 1.82) is 0 Å². The molecule has 2 aromatic carbocycles. The summed E-state index contributed by atoms with van der Waals surface area (Å²) in [6, 6.07) is 15.4. The quantitative estimate of drug-likeness (QED) is 0.120. The Hall–Kier alpha value is -3.52. The van der Waals surface area contributed by atoms with Gasteiger partial charge in [-0.25, -0.2) is 13.2 Å². The first-order valence-electron chi connectivity index (χ1n) is 14.8. The Morgan fingerprint density at radius 1 is 1.04 bits per heavy atom. The summed E-state index contributed by atoms with van der Waals surface area (Å²) in [5.41, 5.74) is 7.80. The average Bonchev–Trinajstić information content (AvgIpc) is 3.02. The molecule has 2 amide bonds. The van der Waals surface area contributed by atoms with Crippen molar-refractivity contribution in [3.8, 4) is 0 Å². The number of rotatable bonds is 17. The van der Waals surface area contributed by atoms with Crippen molar-refractivity contribution in [3.05, 3.63) is 88.7 Å². The summed E-state index contributed by atoms with van der Waals surface area (Å²) in [6.45, 7) is 4.07. The second-order valence-corrected chi connectivity index (χ2v) is 13.8. The maximum Gasteiger partial charge on any atom is 0.408 e. The van der Waals surface area contributed by atoms with Gasteiger partial charge in [-0.2, -0.15) is 4.31 Å². The molecule has 3 rings (SSSR count). The van der Waals surface area contributed by atoms with Crippen LogP contribution in [-0.4, -0.2) is 66.6 Å². The molecule has 0 aliphatic rings. The number of hydrogen-bond donors (Lipinski definition) is 4. The fraction of sp³-hybridized carbons (Fsp3) is 0.406. The molecule has 1 aromatic heterocycles. The average molecular weight is 705 g/mol. The molecule has 0 saturated heterocycles. The molecule has 0 spiro atoms. The van der Waals surface area contributed by atoms with Crippen LogP contribution in [0.5, 0.6) is 0 Å². The molecule has 1 heterocycles. The molecule has 0 aliphatic carbocycles. The molecule has 0 bridgehead atoms. The molecule has 0 fully saturated rings. The number of sulfonamides is 1. The van der Waals surface area contributed by atoms with Crippen LogP contribution in [0.1, 0.15) is 44.2 Å². The number of unbranched alkanes of at least 4 members (excludes halogenated alkanes) is 1. The van der Waals surface area contributed by atoms with Crippen molar-refractivity contribution in [1.82, 2.24) is 19.9 Å². The number of nitrogens with zero attached hydrogens (tertiary/aromatic N) is 2. The van der Waals surface area contributed by atoms with Crippen LogP contribution in [0.25, 0.3) is 0 Å². The molecular weight excluding hydrogens is 662 g/mol. The van der Waals surface area contributed by atoms with E-state index in [9.17, 15) is 23.1 Å². The van der Waals surface area contributed by atoms with Gasteiger partial charge in [0.05, 0.1) is 11.5 Å². The van der Waals surface area contributed by atoms with Crippen LogP contribution in [0, 0.1) is 5.92 Å². The third-order valence-electron chi connectivity index (χ3n) is 7.02. The number of aromatic nitrogens is 1. The fourth-order valence-electron chi connectivity index (χ4n) is 4.65. The van der Waals surface area contributed by atoms with E-state index >= 15 is 0 Å². The second-order valence-electron chi connectivity index (χ2n) is 11.1. The van der Waals surface area contributed by atoms with Gasteiger partial charge < -0.3 is 26.2 Å². The maximum atomic E-state index is 13.5. The highest BCUT2D eigenvalue weighted by Gasteiger charge is 2.31. The minimum Gasteiger partial charge on any atom is -0.445 e. The summed E-state index contributed by atoms with van der Waals surface area (Å²) < 4.78 is 34.5. The van der Waals surface area contributed by atoms with Gasteiger partial charge in [-0.3, -0.25) is 9.78 Å². The van der Waals surface area contributed by atoms with E-state index in [4.69, 9.17) is 10.5 Å². The van der Waals surface area contributed by atoms with E-state index in [2.05, 4.69) is 31.5 Å². The Bertz CT molecular complexity index is 1470. The number of amides is 2. The summed E-state index contributed by atoms with van der Waals surface area (Å²) in [6.07, 6.45) is 4.19. The zero-order chi connectivity index (χ0) is 32.8. The molecular formula is C32H42BrN5O6S. The Kier molecular flexibility index (Phi) is 14.2. The van der Waals surface area contributed by atoms with Crippen LogP contribution in [0.2, 0.25) is 0 Å². The second kappa shape index (κ2) is 17.8. The summed E-state index contributed by atoms with van der Waals surface area (Å²) >= 11 is 3.50. The van der Waals surface area contributed by atoms with E-state index < -0.39 is 28.2 Å². The van der Waals surface area contributed by atoms with Crippen molar-refractivity contribution in [2.45, 2.75) is 63.1 Å². The number of nitrogens with one attached hydrogen (secondary N) is 2. The lowest BCUT2D eigenvalue weighted by molar-refractivity contribution is -0.123. The zero-order valence-corrected chi connectivity index (χ0v) is 28.0. The highest BCUT2D eigenvalue weighted by atomic mass is 79.9. The van der Waals surface area contributed by atoms with Crippen molar-refractivity contribution in [2.24, 2.45) is 5.92 Å². The van der Waals surface area contributed by atoms with E-state index in [1.54, 1.807) is 24.5 Å². The lowest BCUT2D eigenvalue weighted by Crippen LogP contribution is -2.48. The van der Waals surface area contributed by atoms with Gasteiger partial charge in [0.15, 0.2) is 0 Å². The van der Waals surface area contributed by atoms with Crippen molar-refractivity contribution < 1.29 is 27.9 Å². The minimum absolute atomic E-state index is 0.0334. The van der Waals surface area contributed by atoms with Crippen LogP contribution in [0.15, 0.2) is 82.4 Å². The monoisotopic (exact) mass is 703 g/mol. The van der Waals surface area contributed by atoms with E-state index in [1.165, 1.54) is 28.6 Å². The van der Waals surface area contributed by atoms with Gasteiger partial charge in [0.2, 0.25) is 15.9 Å². The number of carbonyl (C=O) groups excluding carboxylic acids is 2. The van der Waals surface area contributed by atoms with E-state index in [-0.39, 0.29) is 42.9 Å². The van der Waals surface area contributed by atoms with E-state index in [0.29, 0.717) is 31.5 Å². The molecule has 5 N–H and O–H groups in total. The van der Waals surface area contributed by atoms with Gasteiger partial charge in [0, 0.05) is 48.1 Å². The van der Waals surface area contributed by atoms with Gasteiger partial charge in [-0.15, -0.1) is 0 Å². The number of anilines is 1. The molecule has 13 heteroatoms. The zero-order valence-electron chi connectivity index (χ0n) is 25.6. The Morgan fingerprint density at radius 2 is 1.73 bits per heavy atom. The topological polar surface area (TPSA) is 164 Å². The molecule has 45 heavy (non-hydrogen) atoms. The van der Waals surface area contributed by atoms with Gasteiger partial charge in [0.25, 0.3) is 0 Å². The summed E-state index contributed by atoms with van der Waals surface area (Å²) in [4.78, 5) is 29.9. The number of nitrogen functional groups attached to an aromatic ring is 1. The predicted molar refractivity (Wildman–Crippen MR) is 177 cm³/mol. The van der Waals surface area contributed by atoms with Crippen molar-refractivity contribution in [3.63, 3.8) is 0 Å². The van der Waals surface area contributed by atoms with Gasteiger partial charge in [0.1, 0.15) is 12.6 Å². The molecule has 11 nitrogen and oxygen atoms in total. The summed E-state index contributed by atoms with van der Waals surface area (Å²) in [7, 11) is -3.87. The van der Waals surface area contributed by atoms with E-state index in [0.717, 1.165) is 15.6 Å². The number of pyridine rings is 1. The number of ether oxygens (including phenoxy) is 1. The normalized spacial score (nSPS) is 12.9. The van der Waals surface area contributed by atoms with Gasteiger partial charge >= 0.3 is 6.09 Å². The van der Waals surface area contributed by atoms with Crippen LogP contribution in [0.4, 0.5) is 10.5 Å². The number of halogens is 1. The van der Waals surface area contributed by atoms with Crippen LogP contribution in [0.3, 0.4) is 0 Å². The SMILES string of the molecule is CC(C)CN([C@H](CO)CCCCNC(=O)[C@H](Cc1ccccc1Br)NC(=O)OCc1ccncc1)S(=O)(=O)c1ccc(N)cc1. The lowest BCUT2D eigenvalue weighted by atomic mass is 10.1. The predicted octanol–water partition coefficient (Wildman–Crippen LogP) is 4.26. The number of hydrogen-bond acceptors (Lipinski definition) is 8. The number of aliphatic hydroxyl groups is 1. The van der Waals surface area contributed by atoms with E-state index in [1.807, 2.05) is 38.1 Å². The summed E-state index contributed by atoms with van der Waals surface area (Å²) in [5, 5.41) is 15.7. The number of benzene rings is 2. The molecule has 3 aromatic rings. The Morgan fingerprint density at radius 3 is 2.38 bits per heavy atom. The number of nitrogens with two attached hydrogens (primary N) is 1. The molecule has 0 unspecified atom stereocenters. The third kappa shape index (κ3) is 11.4. The summed E-state index contributed by atoms with van der Waals surface area (Å²) in [5.74, 6) is -0.343. The smallest absolute Gasteiger partial charge is 0.408 e. The maximum absolute atomic E-state index is 13.5. The Balaban J connectivity index is 1.59. The fourth-order valence-corrected chi connectivity index (χ4v) is 6.91. The minimum atomic E-state index is -3.87. The van der Waals surface area contributed by atoms with Crippen molar-refractivity contribution >= 4 is 43.6 Å². The highest BCUT2D eigenvalue weighted by molar-refractivity contribution is 9.10. The first-order chi connectivity index (χ1) is 21.5. The standard InChI is InChI=1S/C32H42BrN5O6S/c1-23(2)20-38(45(42,43)28-12-10-26(34)11-13-28)27(21-39)8-5-6-16-36-31(40)30(19-25-7-3-4-9-29(25)33)37-32(41)44-22-24-14-17-35-18-15-24/h3-4,7,9-15,17-18,23,27,30,39H,5-6,8,16,19-22,34H2,1-2H3,(H,36,40)(H,37,41)/t27-,30-/m0/s1. The molecule has 2 atom stereocenters. The van der Waals surface area contributed by atoms with Crippen LogP contribution in [-0.2, 0) is 32.6 Å². The van der Waals surface area contributed by atoms with Crippen LogP contribution < -0.4 is 16.4 Å². The molecule has 0 saturated carbocycles. The number of carbonyl (C=O) groups is 2. The molecule has 244 valence electrons. The third-order valence-corrected chi connectivity index (χ3v) is 9.73. The Labute approximate surface area is 273 Å². The van der Waals surface area contributed by atoms with Crippen molar-refractivity contribution in [2.75, 3.05) is 25.4 Å². The van der Waals surface area contributed by atoms with Gasteiger partial charge in [-0.1, -0.05) is 54.4 Å². The first kappa shape index (κ1) is 36.0. The molecule has 0 radical (unpaired) electrons. The van der Waals surface area contributed by atoms with Crippen LogP contribution >= 0.6 is 15.9 Å². The largest absolute Gasteiger partial charge is 0.445 e. The number of aliphatic hydroxyl groups excluding tert-OH is 1. The van der Waals surface area contributed by atoms with Gasteiger partial charge in [-0.05, 0) is 72.4 Å². The lowest BCUT2D eigenvalue weighted by Gasteiger charge is -2.31.